The largest absolute Gasteiger partial charge is 0.491 e. The van der Waals surface area contributed by atoms with E-state index in [1.807, 2.05) is 0 Å². The maximum atomic E-state index is 10.4. The summed E-state index contributed by atoms with van der Waals surface area (Å²) in [6.45, 7) is 1.94. The highest BCUT2D eigenvalue weighted by atomic mass is 16.6. The van der Waals surface area contributed by atoms with Gasteiger partial charge < -0.3 is 14.2 Å². The van der Waals surface area contributed by atoms with Crippen LogP contribution in [0.4, 0.5) is 5.69 Å². The van der Waals surface area contributed by atoms with Crippen molar-refractivity contribution >= 4 is 5.69 Å². The van der Waals surface area contributed by atoms with Gasteiger partial charge in [-0.05, 0) is 12.1 Å². The Hall–Kier alpha value is -1.66. The van der Waals surface area contributed by atoms with Gasteiger partial charge in [0.1, 0.15) is 12.4 Å². The van der Waals surface area contributed by atoms with Gasteiger partial charge in [-0.2, -0.15) is 0 Å². The third-order valence-electron chi connectivity index (χ3n) is 1.98. The Balaban J connectivity index is 2.21. The molecule has 6 heteroatoms. The molecule has 0 radical (unpaired) electrons. The third kappa shape index (κ3) is 5.28. The van der Waals surface area contributed by atoms with Gasteiger partial charge in [-0.25, -0.2) is 0 Å². The zero-order chi connectivity index (χ0) is 12.5. The van der Waals surface area contributed by atoms with E-state index in [0.29, 0.717) is 32.2 Å². The van der Waals surface area contributed by atoms with Crippen molar-refractivity contribution in [3.05, 3.63) is 34.4 Å². The number of hydrogen-bond acceptors (Lipinski definition) is 5. The molecule has 0 saturated carbocycles. The van der Waals surface area contributed by atoms with Gasteiger partial charge in [0.15, 0.2) is 0 Å². The first-order valence-electron chi connectivity index (χ1n) is 5.18. The second-order valence-electron chi connectivity index (χ2n) is 3.20. The standard InChI is InChI=1S/C11H15NO5/c1-15-6-7-16-8-9-17-11-4-2-10(3-5-11)12(13)14/h2-5H,6-9H2,1H3. The number of nitro groups is 1. The summed E-state index contributed by atoms with van der Waals surface area (Å²) in [6.07, 6.45) is 0. The first-order valence-corrected chi connectivity index (χ1v) is 5.18. The maximum absolute atomic E-state index is 10.4. The molecule has 0 spiro atoms. The highest BCUT2D eigenvalue weighted by Crippen LogP contribution is 2.16. The summed E-state index contributed by atoms with van der Waals surface area (Å²) in [6, 6.07) is 5.93. The molecule has 0 aliphatic rings. The summed E-state index contributed by atoms with van der Waals surface area (Å²) in [5.41, 5.74) is 0.0497. The first kappa shape index (κ1) is 13.4. The van der Waals surface area contributed by atoms with Crippen LogP contribution in [-0.4, -0.2) is 38.5 Å². The van der Waals surface area contributed by atoms with Gasteiger partial charge in [-0.1, -0.05) is 0 Å². The predicted molar refractivity (Wildman–Crippen MR) is 61.3 cm³/mol. The van der Waals surface area contributed by atoms with E-state index in [1.165, 1.54) is 12.1 Å². The molecule has 0 aliphatic heterocycles. The smallest absolute Gasteiger partial charge is 0.269 e. The number of rotatable bonds is 8. The van der Waals surface area contributed by atoms with Crippen molar-refractivity contribution in [2.45, 2.75) is 0 Å². The molecule has 0 bridgehead atoms. The van der Waals surface area contributed by atoms with Crippen molar-refractivity contribution < 1.29 is 19.1 Å². The average Bonchev–Trinajstić information content (AvgIpc) is 2.34. The lowest BCUT2D eigenvalue weighted by Crippen LogP contribution is -2.09. The van der Waals surface area contributed by atoms with Crippen LogP contribution in [0.5, 0.6) is 5.75 Å². The van der Waals surface area contributed by atoms with E-state index in [-0.39, 0.29) is 5.69 Å². The molecule has 0 amide bonds. The zero-order valence-electron chi connectivity index (χ0n) is 9.63. The van der Waals surface area contributed by atoms with Crippen LogP contribution < -0.4 is 4.74 Å². The van der Waals surface area contributed by atoms with Gasteiger partial charge in [-0.15, -0.1) is 0 Å². The van der Waals surface area contributed by atoms with Crippen molar-refractivity contribution in [1.82, 2.24) is 0 Å². The molecule has 17 heavy (non-hydrogen) atoms. The first-order chi connectivity index (χ1) is 8.24. The molecule has 94 valence electrons. The van der Waals surface area contributed by atoms with Crippen LogP contribution in [0, 0.1) is 10.1 Å². The van der Waals surface area contributed by atoms with E-state index in [0.717, 1.165) is 0 Å². The fourth-order valence-electron chi connectivity index (χ4n) is 1.13. The molecule has 0 N–H and O–H groups in total. The Morgan fingerprint density at radius 2 is 1.76 bits per heavy atom. The fraction of sp³-hybridized carbons (Fsp3) is 0.455. The molecule has 0 aromatic heterocycles. The zero-order valence-corrected chi connectivity index (χ0v) is 9.63. The SMILES string of the molecule is COCCOCCOc1ccc([N+](=O)[O-])cc1. The molecule has 0 saturated heterocycles. The van der Waals surface area contributed by atoms with Crippen molar-refractivity contribution in [1.29, 1.82) is 0 Å². The fourth-order valence-corrected chi connectivity index (χ4v) is 1.13. The Morgan fingerprint density at radius 1 is 1.12 bits per heavy atom. The molecule has 0 unspecified atom stereocenters. The topological polar surface area (TPSA) is 70.8 Å². The number of nitro benzene ring substituents is 1. The minimum atomic E-state index is -0.447. The summed E-state index contributed by atoms with van der Waals surface area (Å²) in [5, 5.41) is 10.4. The van der Waals surface area contributed by atoms with Crippen LogP contribution in [0.15, 0.2) is 24.3 Å². The lowest BCUT2D eigenvalue weighted by molar-refractivity contribution is -0.384. The third-order valence-corrected chi connectivity index (χ3v) is 1.98. The Labute approximate surface area is 99.2 Å². The molecule has 0 heterocycles. The quantitative estimate of drug-likeness (QED) is 0.393. The van der Waals surface area contributed by atoms with Crippen LogP contribution in [0.3, 0.4) is 0 Å². The Bertz CT molecular complexity index is 338. The lowest BCUT2D eigenvalue weighted by Gasteiger charge is -2.06. The van der Waals surface area contributed by atoms with Crippen molar-refractivity contribution in [3.63, 3.8) is 0 Å². The van der Waals surface area contributed by atoms with E-state index in [2.05, 4.69) is 0 Å². The lowest BCUT2D eigenvalue weighted by atomic mass is 10.3. The molecule has 1 aromatic rings. The van der Waals surface area contributed by atoms with E-state index >= 15 is 0 Å². The number of benzene rings is 1. The summed E-state index contributed by atoms with van der Waals surface area (Å²) in [7, 11) is 1.61. The molecular formula is C11H15NO5. The van der Waals surface area contributed by atoms with Crippen LogP contribution in [-0.2, 0) is 9.47 Å². The normalized spacial score (nSPS) is 10.2. The number of hydrogen-bond donors (Lipinski definition) is 0. The van der Waals surface area contributed by atoms with E-state index in [1.54, 1.807) is 19.2 Å². The summed E-state index contributed by atoms with van der Waals surface area (Å²) >= 11 is 0. The van der Waals surface area contributed by atoms with Gasteiger partial charge in [0.2, 0.25) is 0 Å². The van der Waals surface area contributed by atoms with Gasteiger partial charge >= 0.3 is 0 Å². The summed E-state index contributed by atoms with van der Waals surface area (Å²) in [4.78, 5) is 9.96. The van der Waals surface area contributed by atoms with Crippen LogP contribution in [0.1, 0.15) is 0 Å². The molecule has 0 fully saturated rings. The van der Waals surface area contributed by atoms with Crippen molar-refractivity contribution in [3.8, 4) is 5.75 Å². The van der Waals surface area contributed by atoms with Gasteiger partial charge in [0, 0.05) is 19.2 Å². The second kappa shape index (κ2) is 7.59. The second-order valence-corrected chi connectivity index (χ2v) is 3.20. The van der Waals surface area contributed by atoms with Crippen LogP contribution in [0.2, 0.25) is 0 Å². The number of ether oxygens (including phenoxy) is 3. The molecule has 6 nitrogen and oxygen atoms in total. The molecule has 0 aliphatic carbocycles. The van der Waals surface area contributed by atoms with E-state index in [9.17, 15) is 10.1 Å². The number of nitrogens with zero attached hydrogens (tertiary/aromatic N) is 1. The molecule has 0 atom stereocenters. The van der Waals surface area contributed by atoms with Crippen molar-refractivity contribution in [2.24, 2.45) is 0 Å². The Morgan fingerprint density at radius 3 is 2.35 bits per heavy atom. The molecule has 1 aromatic carbocycles. The summed E-state index contributed by atoms with van der Waals surface area (Å²) < 4.78 is 15.3. The minimum Gasteiger partial charge on any atom is -0.491 e. The maximum Gasteiger partial charge on any atom is 0.269 e. The highest BCUT2D eigenvalue weighted by molar-refractivity contribution is 5.35. The van der Waals surface area contributed by atoms with Crippen molar-refractivity contribution in [2.75, 3.05) is 33.5 Å². The minimum absolute atomic E-state index is 0.0497. The molecule has 1 rings (SSSR count). The Kier molecular flexibility index (Phi) is 5.98. The average molecular weight is 241 g/mol. The van der Waals surface area contributed by atoms with Crippen LogP contribution >= 0.6 is 0 Å². The molecular weight excluding hydrogens is 226 g/mol. The van der Waals surface area contributed by atoms with Gasteiger partial charge in [0.25, 0.3) is 5.69 Å². The van der Waals surface area contributed by atoms with E-state index < -0.39 is 4.92 Å². The van der Waals surface area contributed by atoms with E-state index in [4.69, 9.17) is 14.2 Å². The van der Waals surface area contributed by atoms with Gasteiger partial charge in [-0.3, -0.25) is 10.1 Å². The summed E-state index contributed by atoms with van der Waals surface area (Å²) in [5.74, 6) is 0.589. The predicted octanol–water partition coefficient (Wildman–Crippen LogP) is 1.64. The van der Waals surface area contributed by atoms with Crippen LogP contribution in [0.25, 0.3) is 0 Å². The number of non-ortho nitro benzene ring substituents is 1. The number of methoxy groups -OCH3 is 1. The highest BCUT2D eigenvalue weighted by Gasteiger charge is 2.03. The monoisotopic (exact) mass is 241 g/mol. The van der Waals surface area contributed by atoms with Gasteiger partial charge in [0.05, 0.1) is 24.7 Å².